The third kappa shape index (κ3) is 4.35. The van der Waals surface area contributed by atoms with Crippen molar-refractivity contribution in [1.29, 1.82) is 0 Å². The molecule has 0 unspecified atom stereocenters. The highest BCUT2D eigenvalue weighted by Crippen LogP contribution is 2.26. The van der Waals surface area contributed by atoms with E-state index in [4.69, 9.17) is 4.42 Å². The van der Waals surface area contributed by atoms with Crippen molar-refractivity contribution in [3.05, 3.63) is 57.2 Å². The number of nitrogens with zero attached hydrogens (tertiary/aromatic N) is 3. The average molecular weight is 447 g/mol. The maximum Gasteiger partial charge on any atom is 0.417 e. The van der Waals surface area contributed by atoms with Gasteiger partial charge in [0.05, 0.1) is 22.4 Å². The van der Waals surface area contributed by atoms with E-state index in [9.17, 15) is 18.0 Å². The Bertz CT molecular complexity index is 1320. The molecule has 9 nitrogen and oxygen atoms in total. The van der Waals surface area contributed by atoms with Crippen molar-refractivity contribution in [2.45, 2.75) is 50.5 Å². The van der Waals surface area contributed by atoms with Crippen molar-refractivity contribution in [3.63, 3.8) is 0 Å². The van der Waals surface area contributed by atoms with Crippen molar-refractivity contribution < 1.29 is 12.8 Å². The predicted octanol–water partition coefficient (Wildman–Crippen LogP) is 2.08. The number of piperidine rings is 1. The van der Waals surface area contributed by atoms with Gasteiger partial charge in [-0.05, 0) is 37.0 Å². The molecule has 1 aromatic carbocycles. The fraction of sp³-hybridized carbons (Fsp3) is 0.476. The van der Waals surface area contributed by atoms with Crippen LogP contribution in [0, 0.1) is 5.92 Å². The molecule has 1 aliphatic heterocycles. The number of oxazole rings is 1. The molecule has 0 amide bonds. The topological polar surface area (TPSA) is 118 Å². The van der Waals surface area contributed by atoms with Crippen molar-refractivity contribution in [2.75, 3.05) is 13.1 Å². The van der Waals surface area contributed by atoms with Gasteiger partial charge in [0.25, 0.3) is 5.56 Å². The van der Waals surface area contributed by atoms with Crippen molar-refractivity contribution in [2.24, 2.45) is 5.92 Å². The summed E-state index contributed by atoms with van der Waals surface area (Å²) < 4.78 is 34.0. The third-order valence-corrected chi connectivity index (χ3v) is 7.60. The molecule has 0 bridgehead atoms. The number of fused-ring (bicyclic) bond motifs is 1. The second-order valence-corrected chi connectivity index (χ2v) is 11.0. The van der Waals surface area contributed by atoms with Gasteiger partial charge in [0, 0.05) is 31.1 Å². The molecule has 31 heavy (non-hydrogen) atoms. The van der Waals surface area contributed by atoms with Crippen LogP contribution < -0.4 is 11.3 Å². The Morgan fingerprint density at radius 1 is 1.16 bits per heavy atom. The van der Waals surface area contributed by atoms with E-state index in [2.05, 4.69) is 9.97 Å². The first-order valence-corrected chi connectivity index (χ1v) is 11.7. The molecule has 0 spiro atoms. The van der Waals surface area contributed by atoms with Crippen LogP contribution in [0.15, 0.2) is 49.5 Å². The second-order valence-electron chi connectivity index (χ2n) is 9.03. The van der Waals surface area contributed by atoms with Crippen LogP contribution in [0.3, 0.4) is 0 Å². The molecule has 10 heteroatoms. The highest BCUT2D eigenvalue weighted by atomic mass is 32.2. The second kappa shape index (κ2) is 7.76. The van der Waals surface area contributed by atoms with Gasteiger partial charge in [-0.2, -0.15) is 4.31 Å². The Labute approximate surface area is 179 Å². The van der Waals surface area contributed by atoms with Gasteiger partial charge in [0.15, 0.2) is 5.58 Å². The molecule has 0 aliphatic carbocycles. The first-order chi connectivity index (χ1) is 14.5. The van der Waals surface area contributed by atoms with E-state index >= 15 is 0 Å². The van der Waals surface area contributed by atoms with E-state index in [0.29, 0.717) is 43.6 Å². The Hall–Kier alpha value is -2.72. The molecule has 2 aromatic heterocycles. The first kappa shape index (κ1) is 21.5. The molecule has 0 atom stereocenters. The fourth-order valence-electron chi connectivity index (χ4n) is 3.82. The normalized spacial score (nSPS) is 16.7. The van der Waals surface area contributed by atoms with Crippen LogP contribution in [0.1, 0.15) is 39.3 Å². The van der Waals surface area contributed by atoms with E-state index in [1.165, 1.54) is 22.5 Å². The van der Waals surface area contributed by atoms with Crippen LogP contribution in [0.2, 0.25) is 0 Å². The summed E-state index contributed by atoms with van der Waals surface area (Å²) in [5.41, 5.74) is 1.15. The summed E-state index contributed by atoms with van der Waals surface area (Å²) in [5, 5.41) is 0. The molecular formula is C21H26N4O5S. The van der Waals surface area contributed by atoms with Gasteiger partial charge >= 0.3 is 5.76 Å². The van der Waals surface area contributed by atoms with Gasteiger partial charge < -0.3 is 4.42 Å². The van der Waals surface area contributed by atoms with E-state index in [1.54, 1.807) is 17.0 Å². The van der Waals surface area contributed by atoms with Gasteiger partial charge in [0.1, 0.15) is 0 Å². The summed E-state index contributed by atoms with van der Waals surface area (Å²) in [4.78, 5) is 30.8. The van der Waals surface area contributed by atoms with Crippen LogP contribution in [0.5, 0.6) is 0 Å². The molecule has 4 rings (SSSR count). The van der Waals surface area contributed by atoms with Crippen LogP contribution in [0.4, 0.5) is 0 Å². The summed E-state index contributed by atoms with van der Waals surface area (Å²) in [6, 6.07) is 5.93. The third-order valence-electron chi connectivity index (χ3n) is 5.70. The lowest BCUT2D eigenvalue weighted by atomic mass is 9.92. The lowest BCUT2D eigenvalue weighted by Gasteiger charge is -2.31. The molecule has 3 heterocycles. The molecule has 1 saturated heterocycles. The maximum absolute atomic E-state index is 13.0. The molecular weight excluding hydrogens is 420 g/mol. The van der Waals surface area contributed by atoms with Gasteiger partial charge in [0.2, 0.25) is 10.0 Å². The number of aromatic nitrogens is 3. The first-order valence-electron chi connectivity index (χ1n) is 10.2. The zero-order valence-electron chi connectivity index (χ0n) is 17.8. The number of sulfonamides is 1. The van der Waals surface area contributed by atoms with Crippen molar-refractivity contribution >= 4 is 21.1 Å². The standard InChI is InChI=1S/C21H26N4O5S/c1-21(2,3)18-11-19(26)24(13-22-18)12-14-6-8-25(9-7-14)31(28,29)15-4-5-17-16(10-15)23-20(27)30-17/h4-5,10-11,13-14H,6-9,12H2,1-3H3,(H,23,27). The van der Waals surface area contributed by atoms with E-state index in [0.717, 1.165) is 5.69 Å². The number of benzene rings is 1. The monoisotopic (exact) mass is 446 g/mol. The predicted molar refractivity (Wildman–Crippen MR) is 116 cm³/mol. The molecule has 0 radical (unpaired) electrons. The van der Waals surface area contributed by atoms with Gasteiger partial charge in [-0.3, -0.25) is 14.3 Å². The minimum absolute atomic E-state index is 0.0858. The number of aromatic amines is 1. The number of nitrogens with one attached hydrogen (secondary N) is 1. The fourth-order valence-corrected chi connectivity index (χ4v) is 5.32. The number of hydrogen-bond acceptors (Lipinski definition) is 6. The summed E-state index contributed by atoms with van der Waals surface area (Å²) in [6.07, 6.45) is 2.89. The summed E-state index contributed by atoms with van der Waals surface area (Å²) in [6.45, 7) is 7.29. The molecule has 1 fully saturated rings. The zero-order valence-corrected chi connectivity index (χ0v) is 18.6. The Kier molecular flexibility index (Phi) is 5.38. The molecule has 1 N–H and O–H groups in total. The molecule has 1 aliphatic rings. The van der Waals surface area contributed by atoms with Crippen LogP contribution in [0.25, 0.3) is 11.1 Å². The lowest BCUT2D eigenvalue weighted by Crippen LogP contribution is -2.40. The van der Waals surface area contributed by atoms with Gasteiger partial charge in [-0.1, -0.05) is 20.8 Å². The Morgan fingerprint density at radius 2 is 1.87 bits per heavy atom. The zero-order chi connectivity index (χ0) is 22.4. The van der Waals surface area contributed by atoms with E-state index in [-0.39, 0.29) is 21.8 Å². The number of H-pyrrole nitrogens is 1. The van der Waals surface area contributed by atoms with Crippen LogP contribution in [-0.2, 0) is 22.0 Å². The SMILES string of the molecule is CC(C)(C)c1cc(=O)n(CC2CCN(S(=O)(=O)c3ccc4oc(=O)[nH]c4c3)CC2)cn1. The van der Waals surface area contributed by atoms with Crippen LogP contribution >= 0.6 is 0 Å². The van der Waals surface area contributed by atoms with Gasteiger partial charge in [-0.25, -0.2) is 18.2 Å². The molecule has 166 valence electrons. The molecule has 0 saturated carbocycles. The van der Waals surface area contributed by atoms with Crippen molar-refractivity contribution in [1.82, 2.24) is 18.8 Å². The average Bonchev–Trinajstić information content (AvgIpc) is 3.08. The Morgan fingerprint density at radius 3 is 2.52 bits per heavy atom. The highest BCUT2D eigenvalue weighted by Gasteiger charge is 2.30. The smallest absolute Gasteiger partial charge is 0.408 e. The van der Waals surface area contributed by atoms with E-state index < -0.39 is 15.8 Å². The van der Waals surface area contributed by atoms with Gasteiger partial charge in [-0.15, -0.1) is 0 Å². The highest BCUT2D eigenvalue weighted by molar-refractivity contribution is 7.89. The number of rotatable bonds is 4. The minimum atomic E-state index is -3.68. The maximum atomic E-state index is 13.0. The summed E-state index contributed by atoms with van der Waals surface area (Å²) in [5.74, 6) is -0.426. The minimum Gasteiger partial charge on any atom is -0.408 e. The quantitative estimate of drug-likeness (QED) is 0.655. The summed E-state index contributed by atoms with van der Waals surface area (Å²) in [7, 11) is -3.68. The lowest BCUT2D eigenvalue weighted by molar-refractivity contribution is 0.250. The van der Waals surface area contributed by atoms with Crippen LogP contribution in [-0.4, -0.2) is 40.3 Å². The van der Waals surface area contributed by atoms with Crippen molar-refractivity contribution in [3.8, 4) is 0 Å². The number of hydrogen-bond donors (Lipinski definition) is 1. The largest absolute Gasteiger partial charge is 0.417 e. The summed E-state index contributed by atoms with van der Waals surface area (Å²) >= 11 is 0. The molecule has 3 aromatic rings. The Balaban J connectivity index is 1.44. The van der Waals surface area contributed by atoms with E-state index in [1.807, 2.05) is 20.8 Å².